The van der Waals surface area contributed by atoms with Gasteiger partial charge in [-0.25, -0.2) is 0 Å². The summed E-state index contributed by atoms with van der Waals surface area (Å²) in [5, 5.41) is 7.40. The predicted molar refractivity (Wildman–Crippen MR) is 167 cm³/mol. The molecule has 0 unspecified atom stereocenters. The number of benzene rings is 7. The summed E-state index contributed by atoms with van der Waals surface area (Å²) in [6.45, 7) is 0. The second-order valence-corrected chi connectivity index (χ2v) is 10.5. The summed E-state index contributed by atoms with van der Waals surface area (Å²) in [5.41, 5.74) is 8.37. The van der Waals surface area contributed by atoms with Gasteiger partial charge in [0.15, 0.2) is 0 Å². The van der Waals surface area contributed by atoms with Crippen molar-refractivity contribution >= 4 is 43.4 Å². The second-order valence-electron chi connectivity index (χ2n) is 10.5. The molecule has 0 spiro atoms. The molecule has 8 aromatic rings. The van der Waals surface area contributed by atoms with E-state index in [1.807, 2.05) is 12.1 Å². The number of para-hydroxylation sites is 3. The van der Waals surface area contributed by atoms with Gasteiger partial charge in [0.25, 0.3) is 0 Å². The van der Waals surface area contributed by atoms with Gasteiger partial charge in [-0.3, -0.25) is 0 Å². The quantitative estimate of drug-likeness (QED) is 0.226. The van der Waals surface area contributed by atoms with Gasteiger partial charge in [-0.15, -0.1) is 0 Å². The Kier molecular flexibility index (Phi) is 4.36. The van der Waals surface area contributed by atoms with Gasteiger partial charge in [0.05, 0.1) is 16.7 Å². The van der Waals surface area contributed by atoms with E-state index in [0.717, 1.165) is 17.1 Å². The molecule has 0 atom stereocenters. The molecule has 40 heavy (non-hydrogen) atoms. The Hall–Kier alpha value is -5.34. The average Bonchev–Trinajstić information content (AvgIpc) is 3.36. The van der Waals surface area contributed by atoms with Crippen LogP contribution in [-0.4, -0.2) is 4.57 Å². The van der Waals surface area contributed by atoms with Crippen LogP contribution in [0, 0.1) is 0 Å². The van der Waals surface area contributed by atoms with Crippen LogP contribution in [-0.2, 0) is 0 Å². The molecule has 2 nitrogen and oxygen atoms in total. The number of fused-ring (bicyclic) bond motifs is 7. The molecular weight excluding hydrogens is 486 g/mol. The van der Waals surface area contributed by atoms with E-state index in [1.54, 1.807) is 0 Å². The van der Waals surface area contributed by atoms with Crippen molar-refractivity contribution in [3.63, 3.8) is 0 Å². The van der Waals surface area contributed by atoms with Crippen molar-refractivity contribution in [1.82, 2.24) is 4.57 Å². The summed E-state index contributed by atoms with van der Waals surface area (Å²) < 4.78 is 8.86. The minimum atomic E-state index is 0.910. The fourth-order valence-corrected chi connectivity index (χ4v) is 6.69. The molecule has 7 aromatic carbocycles. The van der Waals surface area contributed by atoms with E-state index in [9.17, 15) is 0 Å². The summed E-state index contributed by atoms with van der Waals surface area (Å²) >= 11 is 0. The molecule has 1 aromatic heterocycles. The lowest BCUT2D eigenvalue weighted by molar-refractivity contribution is 0.487. The SMILES string of the molecule is c1ccc2c(c1)Oc1ccc(-c3ccccc3-n3c4ccccc4c4ccc5ccccc5c43)c3cccc-2c13. The monoisotopic (exact) mass is 509 g/mol. The molecule has 0 amide bonds. The standard InChI is InChI=1S/C38H23NO/c1-2-11-25-24(10-1)20-21-32-28-13-4-7-18-34(28)39(38(25)32)33-17-6-3-12-27(33)26-22-23-36-37-30(26)15-9-16-31(37)29-14-5-8-19-35(29)40-36/h1-23H. The van der Waals surface area contributed by atoms with Crippen LogP contribution in [0.5, 0.6) is 11.5 Å². The Morgan fingerprint density at radius 2 is 1.12 bits per heavy atom. The first kappa shape index (κ1) is 21.6. The third-order valence-electron chi connectivity index (χ3n) is 8.39. The maximum Gasteiger partial charge on any atom is 0.135 e. The molecule has 0 saturated heterocycles. The van der Waals surface area contributed by atoms with Crippen molar-refractivity contribution in [3.8, 4) is 39.4 Å². The van der Waals surface area contributed by atoms with Crippen molar-refractivity contribution in [3.05, 3.63) is 140 Å². The Bertz CT molecular complexity index is 2310. The zero-order chi connectivity index (χ0) is 26.2. The highest BCUT2D eigenvalue weighted by Gasteiger charge is 2.23. The van der Waals surface area contributed by atoms with Gasteiger partial charge in [0.1, 0.15) is 11.5 Å². The topological polar surface area (TPSA) is 14.2 Å². The largest absolute Gasteiger partial charge is 0.456 e. The molecule has 1 aliphatic heterocycles. The van der Waals surface area contributed by atoms with Crippen LogP contribution in [0.1, 0.15) is 0 Å². The maximum atomic E-state index is 6.40. The summed E-state index contributed by atoms with van der Waals surface area (Å²) in [5.74, 6) is 1.82. The molecule has 0 N–H and O–H groups in total. The van der Waals surface area contributed by atoms with Gasteiger partial charge in [0, 0.05) is 32.7 Å². The lowest BCUT2D eigenvalue weighted by atomic mass is 9.90. The average molecular weight is 510 g/mol. The van der Waals surface area contributed by atoms with Gasteiger partial charge in [-0.1, -0.05) is 109 Å². The lowest BCUT2D eigenvalue weighted by Gasteiger charge is -2.23. The van der Waals surface area contributed by atoms with Crippen molar-refractivity contribution in [2.45, 2.75) is 0 Å². The smallest absolute Gasteiger partial charge is 0.135 e. The number of aromatic nitrogens is 1. The summed E-state index contributed by atoms with van der Waals surface area (Å²) in [6.07, 6.45) is 0. The molecule has 0 aliphatic carbocycles. The van der Waals surface area contributed by atoms with Crippen molar-refractivity contribution < 1.29 is 4.74 Å². The van der Waals surface area contributed by atoms with Crippen LogP contribution in [0.15, 0.2) is 140 Å². The lowest BCUT2D eigenvalue weighted by Crippen LogP contribution is -2.00. The van der Waals surface area contributed by atoms with E-state index in [1.165, 1.54) is 65.7 Å². The Balaban J connectivity index is 1.39. The highest BCUT2D eigenvalue weighted by atomic mass is 16.5. The highest BCUT2D eigenvalue weighted by Crippen LogP contribution is 2.49. The molecule has 0 radical (unpaired) electrons. The molecule has 2 heterocycles. The zero-order valence-electron chi connectivity index (χ0n) is 21.6. The highest BCUT2D eigenvalue weighted by molar-refractivity contribution is 6.19. The van der Waals surface area contributed by atoms with E-state index in [-0.39, 0.29) is 0 Å². The van der Waals surface area contributed by atoms with Crippen LogP contribution in [0.3, 0.4) is 0 Å². The van der Waals surface area contributed by atoms with E-state index in [4.69, 9.17) is 4.74 Å². The summed E-state index contributed by atoms with van der Waals surface area (Å²) in [6, 6.07) is 50.0. The Morgan fingerprint density at radius 3 is 2.08 bits per heavy atom. The number of nitrogens with zero attached hydrogens (tertiary/aromatic N) is 1. The van der Waals surface area contributed by atoms with Crippen molar-refractivity contribution in [2.24, 2.45) is 0 Å². The van der Waals surface area contributed by atoms with E-state index in [2.05, 4.69) is 132 Å². The van der Waals surface area contributed by atoms with Crippen LogP contribution >= 0.6 is 0 Å². The van der Waals surface area contributed by atoms with Gasteiger partial charge in [-0.2, -0.15) is 0 Å². The third kappa shape index (κ3) is 2.88. The van der Waals surface area contributed by atoms with Gasteiger partial charge in [-0.05, 0) is 52.2 Å². The number of ether oxygens (including phenoxy) is 1. The van der Waals surface area contributed by atoms with E-state index >= 15 is 0 Å². The second kappa shape index (κ2) is 8.08. The van der Waals surface area contributed by atoms with E-state index in [0.29, 0.717) is 0 Å². The van der Waals surface area contributed by atoms with Crippen LogP contribution in [0.25, 0.3) is 71.3 Å². The van der Waals surface area contributed by atoms with Crippen LogP contribution in [0.4, 0.5) is 0 Å². The first-order valence-electron chi connectivity index (χ1n) is 13.7. The minimum Gasteiger partial charge on any atom is -0.456 e. The number of rotatable bonds is 2. The summed E-state index contributed by atoms with van der Waals surface area (Å²) in [4.78, 5) is 0. The molecule has 0 saturated carbocycles. The predicted octanol–water partition coefficient (Wildman–Crippen LogP) is 10.5. The molecule has 0 bridgehead atoms. The Morgan fingerprint density at radius 1 is 0.400 bits per heavy atom. The van der Waals surface area contributed by atoms with Gasteiger partial charge >= 0.3 is 0 Å². The molecule has 9 rings (SSSR count). The molecule has 186 valence electrons. The van der Waals surface area contributed by atoms with E-state index < -0.39 is 0 Å². The van der Waals surface area contributed by atoms with Crippen molar-refractivity contribution in [1.29, 1.82) is 0 Å². The molecule has 0 fully saturated rings. The summed E-state index contributed by atoms with van der Waals surface area (Å²) in [7, 11) is 0. The van der Waals surface area contributed by atoms with Crippen LogP contribution < -0.4 is 4.74 Å². The maximum absolute atomic E-state index is 6.40. The molecule has 1 aliphatic rings. The normalized spacial score (nSPS) is 12.2. The number of hydrogen-bond acceptors (Lipinski definition) is 1. The van der Waals surface area contributed by atoms with Crippen molar-refractivity contribution in [2.75, 3.05) is 0 Å². The fourth-order valence-electron chi connectivity index (χ4n) is 6.69. The minimum absolute atomic E-state index is 0.910. The zero-order valence-corrected chi connectivity index (χ0v) is 21.6. The van der Waals surface area contributed by atoms with Crippen LogP contribution in [0.2, 0.25) is 0 Å². The Labute approximate surface area is 231 Å². The van der Waals surface area contributed by atoms with Gasteiger partial charge < -0.3 is 9.30 Å². The molecular formula is C38H23NO. The molecule has 2 heteroatoms. The van der Waals surface area contributed by atoms with Gasteiger partial charge in [0.2, 0.25) is 0 Å². The third-order valence-corrected chi connectivity index (χ3v) is 8.39. The number of hydrogen-bond donors (Lipinski definition) is 0. The fraction of sp³-hybridized carbons (Fsp3) is 0. The first-order chi connectivity index (χ1) is 19.9. The first-order valence-corrected chi connectivity index (χ1v) is 13.7.